The van der Waals surface area contributed by atoms with Gasteiger partial charge in [-0.05, 0) is 69.0 Å². The van der Waals surface area contributed by atoms with E-state index >= 15 is 0 Å². The first-order valence-corrected chi connectivity index (χ1v) is 11.1. The van der Waals surface area contributed by atoms with Gasteiger partial charge in [0.05, 0.1) is 7.11 Å². The van der Waals surface area contributed by atoms with Crippen molar-refractivity contribution >= 4 is 23.4 Å². The van der Waals surface area contributed by atoms with Crippen LogP contribution in [0.5, 0.6) is 5.75 Å². The van der Waals surface area contributed by atoms with Crippen molar-refractivity contribution in [1.82, 2.24) is 15.1 Å². The van der Waals surface area contributed by atoms with E-state index in [1.807, 2.05) is 30.0 Å². The van der Waals surface area contributed by atoms with Crippen molar-refractivity contribution in [3.63, 3.8) is 0 Å². The second-order valence-electron chi connectivity index (χ2n) is 8.37. The standard InChI is InChI=1S/C23H32N6O2/c1-17-16-19(31-3)7-8-20(17)24-23(30)28-14-12-27(13-15-28)21-9-10-22(26-25-21)29-11-5-4-6-18(29)2/h7-10,16,18H,4-6,11-15H2,1-3H3,(H,24,30). The molecular formula is C23H32N6O2. The predicted molar refractivity (Wildman–Crippen MR) is 123 cm³/mol. The third-order valence-electron chi connectivity index (χ3n) is 6.30. The smallest absolute Gasteiger partial charge is 0.321 e. The molecule has 2 saturated heterocycles. The van der Waals surface area contributed by atoms with E-state index in [9.17, 15) is 4.79 Å². The first kappa shape index (κ1) is 21.2. The SMILES string of the molecule is COc1ccc(NC(=O)N2CCN(c3ccc(N4CCCCC4C)nn3)CC2)c(C)c1. The van der Waals surface area contributed by atoms with Crippen LogP contribution in [-0.4, -0.2) is 67.0 Å². The molecular weight excluding hydrogens is 392 g/mol. The zero-order chi connectivity index (χ0) is 21.8. The highest BCUT2D eigenvalue weighted by molar-refractivity contribution is 5.90. The van der Waals surface area contributed by atoms with Gasteiger partial charge in [0.1, 0.15) is 5.75 Å². The van der Waals surface area contributed by atoms with Gasteiger partial charge in [-0.1, -0.05) is 0 Å². The first-order valence-electron chi connectivity index (χ1n) is 11.1. The average Bonchev–Trinajstić information content (AvgIpc) is 2.81. The summed E-state index contributed by atoms with van der Waals surface area (Å²) in [5.41, 5.74) is 1.78. The summed E-state index contributed by atoms with van der Waals surface area (Å²) in [6.07, 6.45) is 3.72. The molecule has 166 valence electrons. The van der Waals surface area contributed by atoms with E-state index in [0.717, 1.165) is 48.3 Å². The van der Waals surface area contributed by atoms with Crippen LogP contribution in [0.15, 0.2) is 30.3 Å². The number of methoxy groups -OCH3 is 1. The molecule has 1 aromatic carbocycles. The molecule has 4 rings (SSSR count). The average molecular weight is 425 g/mol. The van der Waals surface area contributed by atoms with Gasteiger partial charge in [-0.15, -0.1) is 10.2 Å². The highest BCUT2D eigenvalue weighted by Crippen LogP contribution is 2.24. The number of piperidine rings is 1. The minimum absolute atomic E-state index is 0.0755. The Hall–Kier alpha value is -3.03. The van der Waals surface area contributed by atoms with Crippen molar-refractivity contribution in [1.29, 1.82) is 0 Å². The fourth-order valence-corrected chi connectivity index (χ4v) is 4.31. The van der Waals surface area contributed by atoms with Crippen LogP contribution in [0, 0.1) is 6.92 Å². The quantitative estimate of drug-likeness (QED) is 0.810. The molecule has 8 nitrogen and oxygen atoms in total. The number of carbonyl (C=O) groups excluding carboxylic acids is 1. The van der Waals surface area contributed by atoms with Gasteiger partial charge in [0.2, 0.25) is 0 Å². The first-order chi connectivity index (χ1) is 15.0. The number of rotatable bonds is 4. The van der Waals surface area contributed by atoms with E-state index in [0.29, 0.717) is 19.1 Å². The Kier molecular flexibility index (Phi) is 6.44. The van der Waals surface area contributed by atoms with Crippen LogP contribution in [0.3, 0.4) is 0 Å². The Balaban J connectivity index is 1.31. The fraction of sp³-hybridized carbons (Fsp3) is 0.522. The lowest BCUT2D eigenvalue weighted by Crippen LogP contribution is -2.50. The van der Waals surface area contributed by atoms with Crippen molar-refractivity contribution in [3.8, 4) is 5.75 Å². The number of aromatic nitrogens is 2. The third-order valence-corrected chi connectivity index (χ3v) is 6.30. The van der Waals surface area contributed by atoms with Crippen LogP contribution in [-0.2, 0) is 0 Å². The number of hydrogen-bond acceptors (Lipinski definition) is 6. The molecule has 8 heteroatoms. The Morgan fingerprint density at radius 1 is 1.03 bits per heavy atom. The van der Waals surface area contributed by atoms with E-state index in [-0.39, 0.29) is 6.03 Å². The van der Waals surface area contributed by atoms with Gasteiger partial charge in [0.25, 0.3) is 0 Å². The third kappa shape index (κ3) is 4.84. The highest BCUT2D eigenvalue weighted by atomic mass is 16.5. The normalized spacial score (nSPS) is 19.3. The largest absolute Gasteiger partial charge is 0.497 e. The summed E-state index contributed by atoms with van der Waals surface area (Å²) in [4.78, 5) is 19.1. The maximum Gasteiger partial charge on any atom is 0.321 e. The molecule has 2 fully saturated rings. The van der Waals surface area contributed by atoms with E-state index < -0.39 is 0 Å². The molecule has 0 spiro atoms. The molecule has 0 radical (unpaired) electrons. The van der Waals surface area contributed by atoms with Crippen molar-refractivity contribution in [2.75, 3.05) is 55.0 Å². The molecule has 1 atom stereocenters. The number of nitrogens with one attached hydrogen (secondary N) is 1. The van der Waals surface area contributed by atoms with Gasteiger partial charge in [-0.3, -0.25) is 0 Å². The minimum atomic E-state index is -0.0755. The van der Waals surface area contributed by atoms with Gasteiger partial charge < -0.3 is 24.8 Å². The summed E-state index contributed by atoms with van der Waals surface area (Å²) < 4.78 is 5.23. The van der Waals surface area contributed by atoms with Crippen molar-refractivity contribution in [2.24, 2.45) is 0 Å². The molecule has 0 aliphatic carbocycles. The topological polar surface area (TPSA) is 73.8 Å². The number of aryl methyl sites for hydroxylation is 1. The summed E-state index contributed by atoms with van der Waals surface area (Å²) in [5, 5.41) is 12.0. The number of benzene rings is 1. The molecule has 0 saturated carbocycles. The van der Waals surface area contributed by atoms with Crippen molar-refractivity contribution in [2.45, 2.75) is 39.2 Å². The van der Waals surface area contributed by atoms with Crippen molar-refractivity contribution in [3.05, 3.63) is 35.9 Å². The van der Waals surface area contributed by atoms with Gasteiger partial charge >= 0.3 is 6.03 Å². The summed E-state index contributed by atoms with van der Waals surface area (Å²) in [7, 11) is 1.64. The number of ether oxygens (including phenoxy) is 1. The molecule has 3 heterocycles. The predicted octanol–water partition coefficient (Wildman–Crippen LogP) is 3.53. The maximum absolute atomic E-state index is 12.7. The lowest BCUT2D eigenvalue weighted by Gasteiger charge is -2.36. The van der Waals surface area contributed by atoms with E-state index in [4.69, 9.17) is 4.74 Å². The van der Waals surface area contributed by atoms with Crippen LogP contribution in [0.1, 0.15) is 31.7 Å². The van der Waals surface area contributed by atoms with Gasteiger partial charge in [0, 0.05) is 44.5 Å². The summed E-state index contributed by atoms with van der Waals surface area (Å²) in [5.74, 6) is 2.62. The Labute approximate surface area is 184 Å². The lowest BCUT2D eigenvalue weighted by atomic mass is 10.0. The second kappa shape index (κ2) is 9.41. The number of anilines is 3. The molecule has 2 aliphatic heterocycles. The van der Waals surface area contributed by atoms with E-state index in [1.54, 1.807) is 7.11 Å². The number of nitrogens with zero attached hydrogens (tertiary/aromatic N) is 5. The molecule has 2 amide bonds. The van der Waals surface area contributed by atoms with Crippen molar-refractivity contribution < 1.29 is 9.53 Å². The molecule has 2 aliphatic rings. The maximum atomic E-state index is 12.7. The molecule has 31 heavy (non-hydrogen) atoms. The Bertz CT molecular complexity index is 895. The monoisotopic (exact) mass is 424 g/mol. The van der Waals surface area contributed by atoms with E-state index in [1.165, 1.54) is 19.3 Å². The molecule has 1 N–H and O–H groups in total. The van der Waals surface area contributed by atoms with Gasteiger partial charge in [-0.25, -0.2) is 4.79 Å². The molecule has 1 unspecified atom stereocenters. The minimum Gasteiger partial charge on any atom is -0.497 e. The number of carbonyl (C=O) groups is 1. The highest BCUT2D eigenvalue weighted by Gasteiger charge is 2.24. The molecule has 2 aromatic rings. The van der Waals surface area contributed by atoms with Crippen LogP contribution in [0.2, 0.25) is 0 Å². The molecule has 1 aromatic heterocycles. The second-order valence-corrected chi connectivity index (χ2v) is 8.37. The van der Waals surface area contributed by atoms with Crippen LogP contribution in [0.25, 0.3) is 0 Å². The molecule has 0 bridgehead atoms. The lowest BCUT2D eigenvalue weighted by molar-refractivity contribution is 0.208. The zero-order valence-electron chi connectivity index (χ0n) is 18.7. The zero-order valence-corrected chi connectivity index (χ0v) is 18.7. The summed E-state index contributed by atoms with van der Waals surface area (Å²) in [6.45, 7) is 8.04. The number of piperazine rings is 1. The fourth-order valence-electron chi connectivity index (χ4n) is 4.31. The number of hydrogen-bond donors (Lipinski definition) is 1. The Morgan fingerprint density at radius 3 is 2.42 bits per heavy atom. The summed E-state index contributed by atoms with van der Waals surface area (Å²) in [6, 6.07) is 10.2. The Morgan fingerprint density at radius 2 is 1.77 bits per heavy atom. The van der Waals surface area contributed by atoms with Gasteiger partial charge in [-0.2, -0.15) is 0 Å². The van der Waals surface area contributed by atoms with E-state index in [2.05, 4.69) is 44.4 Å². The van der Waals surface area contributed by atoms with Gasteiger partial charge in [0.15, 0.2) is 11.6 Å². The van der Waals surface area contributed by atoms with Crippen LogP contribution < -0.4 is 19.9 Å². The van der Waals surface area contributed by atoms with Crippen LogP contribution >= 0.6 is 0 Å². The number of amides is 2. The van der Waals surface area contributed by atoms with Crippen LogP contribution in [0.4, 0.5) is 22.1 Å². The summed E-state index contributed by atoms with van der Waals surface area (Å²) >= 11 is 0. The number of urea groups is 1.